The summed E-state index contributed by atoms with van der Waals surface area (Å²) in [5.41, 5.74) is -4.34. The molecular formula is C10H12F3NO3S. The maximum atomic E-state index is 12.2. The van der Waals surface area contributed by atoms with E-state index in [9.17, 15) is 26.7 Å². The molecule has 0 amide bonds. The average molecular weight is 283 g/mol. The van der Waals surface area contributed by atoms with Crippen LogP contribution in [0.5, 0.6) is 5.75 Å². The molecular weight excluding hydrogens is 271 g/mol. The first-order valence-electron chi connectivity index (χ1n) is 4.86. The van der Waals surface area contributed by atoms with Crippen molar-refractivity contribution in [2.24, 2.45) is 0 Å². The molecule has 0 saturated heterocycles. The van der Waals surface area contributed by atoms with Gasteiger partial charge in [0.2, 0.25) is 0 Å². The molecule has 0 bridgehead atoms. The molecule has 0 fully saturated rings. The van der Waals surface area contributed by atoms with E-state index >= 15 is 0 Å². The van der Waals surface area contributed by atoms with Gasteiger partial charge in [0.1, 0.15) is 5.75 Å². The topological polar surface area (TPSA) is 66.4 Å². The van der Waals surface area contributed by atoms with Crippen molar-refractivity contribution in [2.75, 3.05) is 4.72 Å². The van der Waals surface area contributed by atoms with Crippen molar-refractivity contribution < 1.29 is 26.7 Å². The number of hydrogen-bond acceptors (Lipinski definition) is 3. The number of alkyl halides is 3. The zero-order valence-electron chi connectivity index (χ0n) is 9.88. The normalized spacial score (nSPS) is 12.6. The predicted molar refractivity (Wildman–Crippen MR) is 60.9 cm³/mol. The lowest BCUT2D eigenvalue weighted by molar-refractivity contribution is -0.0429. The Morgan fingerprint density at radius 3 is 2.06 bits per heavy atom. The zero-order valence-corrected chi connectivity index (χ0v) is 10.7. The molecule has 1 aromatic rings. The number of nitrogens with one attached hydrogen (secondary N) is 1. The van der Waals surface area contributed by atoms with Crippen LogP contribution in [0.15, 0.2) is 6.07 Å². The van der Waals surface area contributed by atoms with Crippen LogP contribution in [0.1, 0.15) is 16.7 Å². The summed E-state index contributed by atoms with van der Waals surface area (Å²) in [5.74, 6) is -0.266. The second kappa shape index (κ2) is 4.34. The number of aromatic hydroxyl groups is 1. The summed E-state index contributed by atoms with van der Waals surface area (Å²) < 4.78 is 60.0. The number of hydrogen-bond donors (Lipinski definition) is 2. The highest BCUT2D eigenvalue weighted by molar-refractivity contribution is 7.93. The summed E-state index contributed by atoms with van der Waals surface area (Å²) in [6, 6.07) is 0.959. The monoisotopic (exact) mass is 283 g/mol. The third-order valence-corrected chi connectivity index (χ3v) is 3.84. The lowest BCUT2D eigenvalue weighted by Gasteiger charge is -2.16. The molecule has 0 aromatic heterocycles. The zero-order chi connectivity index (χ0) is 14.3. The van der Waals surface area contributed by atoms with Crippen molar-refractivity contribution in [3.8, 4) is 5.75 Å². The second-order valence-corrected chi connectivity index (χ2v) is 5.54. The van der Waals surface area contributed by atoms with E-state index in [0.717, 1.165) is 6.07 Å². The van der Waals surface area contributed by atoms with E-state index < -0.39 is 15.5 Å². The van der Waals surface area contributed by atoms with Crippen molar-refractivity contribution in [1.29, 1.82) is 0 Å². The van der Waals surface area contributed by atoms with Crippen LogP contribution in [0, 0.1) is 20.8 Å². The van der Waals surface area contributed by atoms with Gasteiger partial charge in [0.25, 0.3) is 0 Å². The highest BCUT2D eigenvalue weighted by Gasteiger charge is 2.46. The molecule has 102 valence electrons. The molecule has 1 rings (SSSR count). The Morgan fingerprint density at radius 2 is 1.61 bits per heavy atom. The smallest absolute Gasteiger partial charge is 0.508 e. The Labute approximate surface area is 102 Å². The third kappa shape index (κ3) is 2.53. The van der Waals surface area contributed by atoms with Gasteiger partial charge in [-0.3, -0.25) is 4.72 Å². The molecule has 0 atom stereocenters. The summed E-state index contributed by atoms with van der Waals surface area (Å²) in [5, 5.41) is 9.49. The molecule has 18 heavy (non-hydrogen) atoms. The van der Waals surface area contributed by atoms with Gasteiger partial charge in [-0.25, -0.2) is 0 Å². The van der Waals surface area contributed by atoms with Gasteiger partial charge in [0.15, 0.2) is 0 Å². The standard InChI is InChI=1S/C10H12F3NO3S/c1-5-6(2)8(4-9(15)7(5)3)14-18(16,17)10(11,12)13/h4,14-15H,1-3H3. The van der Waals surface area contributed by atoms with Gasteiger partial charge < -0.3 is 5.11 Å². The molecule has 8 heteroatoms. The molecule has 0 aliphatic heterocycles. The Bertz CT molecular complexity index is 579. The van der Waals surface area contributed by atoms with Gasteiger partial charge in [-0.1, -0.05) is 0 Å². The molecule has 0 unspecified atom stereocenters. The van der Waals surface area contributed by atoms with Crippen LogP contribution in [0.3, 0.4) is 0 Å². The van der Waals surface area contributed by atoms with E-state index in [1.807, 2.05) is 0 Å². The van der Waals surface area contributed by atoms with Crippen molar-refractivity contribution in [1.82, 2.24) is 0 Å². The van der Waals surface area contributed by atoms with E-state index in [0.29, 0.717) is 16.7 Å². The Kier molecular flexibility index (Phi) is 3.53. The van der Waals surface area contributed by atoms with Crippen LogP contribution >= 0.6 is 0 Å². The summed E-state index contributed by atoms with van der Waals surface area (Å²) >= 11 is 0. The fraction of sp³-hybridized carbons (Fsp3) is 0.400. The van der Waals surface area contributed by atoms with E-state index in [-0.39, 0.29) is 11.4 Å². The van der Waals surface area contributed by atoms with E-state index in [2.05, 4.69) is 0 Å². The Hall–Kier alpha value is -1.44. The first kappa shape index (κ1) is 14.6. The van der Waals surface area contributed by atoms with E-state index in [4.69, 9.17) is 0 Å². The van der Waals surface area contributed by atoms with Gasteiger partial charge >= 0.3 is 15.5 Å². The summed E-state index contributed by atoms with van der Waals surface area (Å²) in [6.45, 7) is 4.63. The average Bonchev–Trinajstić information content (AvgIpc) is 2.21. The van der Waals surface area contributed by atoms with Gasteiger partial charge in [0, 0.05) is 6.07 Å². The molecule has 0 spiro atoms. The quantitative estimate of drug-likeness (QED) is 0.876. The van der Waals surface area contributed by atoms with E-state index in [1.54, 1.807) is 13.8 Å². The number of anilines is 1. The SMILES string of the molecule is Cc1c(O)cc(NS(=O)(=O)C(F)(F)F)c(C)c1C. The highest BCUT2D eigenvalue weighted by Crippen LogP contribution is 2.32. The highest BCUT2D eigenvalue weighted by atomic mass is 32.2. The van der Waals surface area contributed by atoms with Crippen molar-refractivity contribution in [2.45, 2.75) is 26.3 Å². The number of phenols is 1. The van der Waals surface area contributed by atoms with Gasteiger partial charge in [-0.2, -0.15) is 21.6 Å². The maximum absolute atomic E-state index is 12.2. The molecule has 2 N–H and O–H groups in total. The number of halogens is 3. The molecule has 0 aliphatic carbocycles. The second-order valence-electron chi connectivity index (χ2n) is 3.87. The van der Waals surface area contributed by atoms with Gasteiger partial charge in [0.05, 0.1) is 5.69 Å². The van der Waals surface area contributed by atoms with Crippen LogP contribution < -0.4 is 4.72 Å². The molecule has 0 radical (unpaired) electrons. The predicted octanol–water partition coefficient (Wildman–Crippen LogP) is 2.58. The van der Waals surface area contributed by atoms with Gasteiger partial charge in [-0.15, -0.1) is 0 Å². The fourth-order valence-electron chi connectivity index (χ4n) is 1.34. The van der Waals surface area contributed by atoms with Crippen molar-refractivity contribution >= 4 is 15.7 Å². The number of phenolic OH excluding ortho intramolecular Hbond substituents is 1. The molecule has 1 aromatic carbocycles. The third-order valence-electron chi connectivity index (χ3n) is 2.74. The maximum Gasteiger partial charge on any atom is 0.516 e. The molecule has 0 heterocycles. The van der Waals surface area contributed by atoms with Crippen molar-refractivity contribution in [3.63, 3.8) is 0 Å². The largest absolute Gasteiger partial charge is 0.516 e. The lowest BCUT2D eigenvalue weighted by Crippen LogP contribution is -2.30. The van der Waals surface area contributed by atoms with E-state index in [1.165, 1.54) is 11.6 Å². The molecule has 4 nitrogen and oxygen atoms in total. The summed E-state index contributed by atoms with van der Waals surface area (Å²) in [6.07, 6.45) is 0. The Balaban J connectivity index is 3.31. The van der Waals surface area contributed by atoms with Gasteiger partial charge in [-0.05, 0) is 37.5 Å². The lowest BCUT2D eigenvalue weighted by atomic mass is 10.0. The Morgan fingerprint density at radius 1 is 1.11 bits per heavy atom. The molecule has 0 saturated carbocycles. The fourth-order valence-corrected chi connectivity index (χ4v) is 1.95. The molecule has 0 aliphatic rings. The summed E-state index contributed by atoms with van der Waals surface area (Å²) in [4.78, 5) is 0. The minimum Gasteiger partial charge on any atom is -0.508 e. The van der Waals surface area contributed by atoms with Crippen molar-refractivity contribution in [3.05, 3.63) is 22.8 Å². The number of benzene rings is 1. The van der Waals surface area contributed by atoms with Crippen LogP contribution in [-0.2, 0) is 10.0 Å². The van der Waals surface area contributed by atoms with Crippen LogP contribution in [0.2, 0.25) is 0 Å². The minimum absolute atomic E-state index is 0.266. The minimum atomic E-state index is -5.48. The number of sulfonamides is 1. The first-order chi connectivity index (χ1) is 7.97. The number of rotatable bonds is 2. The first-order valence-corrected chi connectivity index (χ1v) is 6.34. The van der Waals surface area contributed by atoms with Crippen LogP contribution in [-0.4, -0.2) is 19.0 Å². The van der Waals surface area contributed by atoms with Crippen LogP contribution in [0.25, 0.3) is 0 Å². The summed E-state index contributed by atoms with van der Waals surface area (Å²) in [7, 11) is -5.48. The van der Waals surface area contributed by atoms with Crippen LogP contribution in [0.4, 0.5) is 18.9 Å².